The van der Waals surface area contributed by atoms with Gasteiger partial charge in [0.2, 0.25) is 0 Å². The van der Waals surface area contributed by atoms with Gasteiger partial charge in [0.25, 0.3) is 0 Å². The molecule has 0 bridgehead atoms. The van der Waals surface area contributed by atoms with Crippen LogP contribution >= 0.6 is 0 Å². The second kappa shape index (κ2) is 4.53. The topological polar surface area (TPSA) is 32.3 Å². The molecule has 2 N–H and O–H groups in total. The van der Waals surface area contributed by atoms with Crippen LogP contribution < -0.4 is 5.32 Å². The second-order valence-corrected chi connectivity index (χ2v) is 2.16. The highest BCUT2D eigenvalue weighted by atomic mass is 16.3. The summed E-state index contributed by atoms with van der Waals surface area (Å²) in [6.07, 6.45) is 2.31. The molecule has 0 aliphatic rings. The third-order valence-electron chi connectivity index (χ3n) is 1.37. The van der Waals surface area contributed by atoms with Crippen LogP contribution in [0, 0.1) is 0 Å². The van der Waals surface area contributed by atoms with Crippen molar-refractivity contribution in [3.8, 4) is 0 Å². The lowest BCUT2D eigenvalue weighted by Crippen LogP contribution is -2.34. The molecule has 0 rings (SSSR count). The molecule has 0 amide bonds. The first kappa shape index (κ1) is 8.66. The monoisotopic (exact) mass is 129 g/mol. The number of aliphatic hydroxyl groups excluding tert-OH is 1. The molecule has 0 radical (unpaired) electrons. The normalized spacial score (nSPS) is 16.8. The Morgan fingerprint density at radius 2 is 2.33 bits per heavy atom. The molecule has 0 saturated heterocycles. The Hall–Kier alpha value is -0.340. The van der Waals surface area contributed by atoms with Gasteiger partial charge in [0.05, 0.1) is 6.10 Å². The van der Waals surface area contributed by atoms with Gasteiger partial charge in [-0.2, -0.15) is 0 Å². The van der Waals surface area contributed by atoms with E-state index in [2.05, 4.69) is 11.9 Å². The van der Waals surface area contributed by atoms with Gasteiger partial charge in [0, 0.05) is 6.04 Å². The number of rotatable bonds is 4. The van der Waals surface area contributed by atoms with Crippen molar-refractivity contribution < 1.29 is 5.11 Å². The number of hydrogen-bond donors (Lipinski definition) is 2. The van der Waals surface area contributed by atoms with Crippen LogP contribution in [0.2, 0.25) is 0 Å². The van der Waals surface area contributed by atoms with Crippen molar-refractivity contribution in [2.24, 2.45) is 0 Å². The molecule has 2 unspecified atom stereocenters. The average molecular weight is 129 g/mol. The minimum atomic E-state index is -0.298. The standard InChI is InChI=1S/C7H15NO/c1-4-5-7(8-3)6(2)9/h4,6-9H,1,5H2,2-3H3. The Morgan fingerprint density at radius 3 is 2.44 bits per heavy atom. The van der Waals surface area contributed by atoms with Crippen LogP contribution in [0.5, 0.6) is 0 Å². The number of hydrogen-bond acceptors (Lipinski definition) is 2. The van der Waals surface area contributed by atoms with Crippen LogP contribution in [0.1, 0.15) is 13.3 Å². The van der Waals surface area contributed by atoms with Crippen molar-refractivity contribution in [1.29, 1.82) is 0 Å². The van der Waals surface area contributed by atoms with E-state index in [1.165, 1.54) is 0 Å². The molecule has 0 aliphatic heterocycles. The minimum Gasteiger partial charge on any atom is -0.392 e. The lowest BCUT2D eigenvalue weighted by Gasteiger charge is -2.16. The Bertz CT molecular complexity index is 81.0. The molecule has 54 valence electrons. The zero-order valence-corrected chi connectivity index (χ0v) is 6.09. The van der Waals surface area contributed by atoms with Gasteiger partial charge in [-0.05, 0) is 20.4 Å². The maximum absolute atomic E-state index is 9.03. The Labute approximate surface area is 56.6 Å². The predicted molar refractivity (Wildman–Crippen MR) is 39.3 cm³/mol. The summed E-state index contributed by atoms with van der Waals surface area (Å²) < 4.78 is 0. The van der Waals surface area contributed by atoms with E-state index in [9.17, 15) is 0 Å². The van der Waals surface area contributed by atoms with E-state index in [-0.39, 0.29) is 12.1 Å². The van der Waals surface area contributed by atoms with E-state index in [0.29, 0.717) is 0 Å². The molecule has 0 heterocycles. The molecule has 0 aromatic rings. The maximum atomic E-state index is 9.03. The Kier molecular flexibility index (Phi) is 4.36. The van der Waals surface area contributed by atoms with Crippen molar-refractivity contribution in [1.82, 2.24) is 5.32 Å². The van der Waals surface area contributed by atoms with Crippen LogP contribution in [0.4, 0.5) is 0 Å². The Balaban J connectivity index is 3.53. The molecular weight excluding hydrogens is 114 g/mol. The SMILES string of the molecule is C=CCC(NC)C(C)O. The largest absolute Gasteiger partial charge is 0.392 e. The maximum Gasteiger partial charge on any atom is 0.0668 e. The summed E-state index contributed by atoms with van der Waals surface area (Å²) in [6.45, 7) is 5.35. The van der Waals surface area contributed by atoms with Crippen LogP contribution in [0.3, 0.4) is 0 Å². The molecule has 9 heavy (non-hydrogen) atoms. The fraction of sp³-hybridized carbons (Fsp3) is 0.714. The van der Waals surface area contributed by atoms with Gasteiger partial charge in [0.1, 0.15) is 0 Å². The fourth-order valence-corrected chi connectivity index (χ4v) is 0.736. The van der Waals surface area contributed by atoms with Crippen LogP contribution in [0.15, 0.2) is 12.7 Å². The quantitative estimate of drug-likeness (QED) is 0.543. The lowest BCUT2D eigenvalue weighted by atomic mass is 10.1. The average Bonchev–Trinajstić information content (AvgIpc) is 1.82. The first-order valence-electron chi connectivity index (χ1n) is 3.18. The third-order valence-corrected chi connectivity index (χ3v) is 1.37. The molecule has 0 saturated carbocycles. The predicted octanol–water partition coefficient (Wildman–Crippen LogP) is 0.531. The van der Waals surface area contributed by atoms with Gasteiger partial charge in [-0.15, -0.1) is 6.58 Å². The number of aliphatic hydroxyl groups is 1. The highest BCUT2D eigenvalue weighted by Crippen LogP contribution is 1.97. The second-order valence-electron chi connectivity index (χ2n) is 2.16. The molecule has 0 fully saturated rings. The zero-order valence-electron chi connectivity index (χ0n) is 6.09. The van der Waals surface area contributed by atoms with Crippen molar-refractivity contribution >= 4 is 0 Å². The van der Waals surface area contributed by atoms with Gasteiger partial charge >= 0.3 is 0 Å². The molecular formula is C7H15NO. The fourth-order valence-electron chi connectivity index (χ4n) is 0.736. The summed E-state index contributed by atoms with van der Waals surface area (Å²) in [6, 6.07) is 0.155. The van der Waals surface area contributed by atoms with E-state index in [1.54, 1.807) is 13.0 Å². The highest BCUT2D eigenvalue weighted by Gasteiger charge is 2.08. The molecule has 2 heteroatoms. The summed E-state index contributed by atoms with van der Waals surface area (Å²) in [4.78, 5) is 0. The summed E-state index contributed by atoms with van der Waals surface area (Å²) >= 11 is 0. The van der Waals surface area contributed by atoms with Gasteiger partial charge in [0.15, 0.2) is 0 Å². The van der Waals surface area contributed by atoms with Crippen molar-refractivity contribution in [2.75, 3.05) is 7.05 Å². The van der Waals surface area contributed by atoms with Crippen molar-refractivity contribution in [2.45, 2.75) is 25.5 Å². The molecule has 0 aromatic carbocycles. The summed E-state index contributed by atoms with van der Waals surface area (Å²) in [5.74, 6) is 0. The molecule has 2 atom stereocenters. The lowest BCUT2D eigenvalue weighted by molar-refractivity contribution is 0.150. The third kappa shape index (κ3) is 3.27. The van der Waals surface area contributed by atoms with Crippen molar-refractivity contribution in [3.05, 3.63) is 12.7 Å². The molecule has 0 aliphatic carbocycles. The Morgan fingerprint density at radius 1 is 1.78 bits per heavy atom. The van der Waals surface area contributed by atoms with E-state index >= 15 is 0 Å². The van der Waals surface area contributed by atoms with Crippen molar-refractivity contribution in [3.63, 3.8) is 0 Å². The van der Waals surface area contributed by atoms with Crippen LogP contribution in [-0.4, -0.2) is 24.3 Å². The van der Waals surface area contributed by atoms with Gasteiger partial charge in [-0.1, -0.05) is 6.08 Å². The summed E-state index contributed by atoms with van der Waals surface area (Å²) in [7, 11) is 1.83. The summed E-state index contributed by atoms with van der Waals surface area (Å²) in [5, 5.41) is 12.0. The zero-order chi connectivity index (χ0) is 7.28. The first-order valence-corrected chi connectivity index (χ1v) is 3.18. The van der Waals surface area contributed by atoms with E-state index in [1.807, 2.05) is 7.05 Å². The van der Waals surface area contributed by atoms with E-state index < -0.39 is 0 Å². The van der Waals surface area contributed by atoms with Crippen LogP contribution in [0.25, 0.3) is 0 Å². The van der Waals surface area contributed by atoms with Gasteiger partial charge in [-0.3, -0.25) is 0 Å². The summed E-state index contributed by atoms with van der Waals surface area (Å²) in [5.41, 5.74) is 0. The number of likely N-dealkylation sites (N-methyl/N-ethyl adjacent to an activating group) is 1. The first-order chi connectivity index (χ1) is 4.22. The molecule has 0 aromatic heterocycles. The van der Waals surface area contributed by atoms with Crippen LogP contribution in [-0.2, 0) is 0 Å². The van der Waals surface area contributed by atoms with E-state index in [4.69, 9.17) is 5.11 Å². The van der Waals surface area contributed by atoms with Gasteiger partial charge in [-0.25, -0.2) is 0 Å². The van der Waals surface area contributed by atoms with Gasteiger partial charge < -0.3 is 10.4 Å². The number of nitrogens with one attached hydrogen (secondary N) is 1. The van der Waals surface area contributed by atoms with E-state index in [0.717, 1.165) is 6.42 Å². The smallest absolute Gasteiger partial charge is 0.0668 e. The minimum absolute atomic E-state index is 0.155. The molecule has 0 spiro atoms. The molecule has 2 nitrogen and oxygen atoms in total. The highest BCUT2D eigenvalue weighted by molar-refractivity contribution is 4.80.